The van der Waals surface area contributed by atoms with Crippen LogP contribution in [-0.2, 0) is 9.47 Å². The molecule has 4 nitrogen and oxygen atoms in total. The molecule has 0 aliphatic carbocycles. The van der Waals surface area contributed by atoms with Crippen molar-refractivity contribution in [2.24, 2.45) is 5.84 Å². The first kappa shape index (κ1) is 13.5. The molecule has 0 amide bonds. The van der Waals surface area contributed by atoms with Gasteiger partial charge in [0.2, 0.25) is 0 Å². The molecule has 1 aromatic rings. The van der Waals surface area contributed by atoms with E-state index in [2.05, 4.69) is 21.4 Å². The van der Waals surface area contributed by atoms with Crippen LogP contribution in [0.1, 0.15) is 23.8 Å². The van der Waals surface area contributed by atoms with Crippen LogP contribution in [0.5, 0.6) is 0 Å². The molecule has 17 heavy (non-hydrogen) atoms. The van der Waals surface area contributed by atoms with Crippen molar-refractivity contribution >= 4 is 27.3 Å². The van der Waals surface area contributed by atoms with E-state index in [0.717, 1.165) is 30.5 Å². The molecule has 1 saturated heterocycles. The van der Waals surface area contributed by atoms with Gasteiger partial charge in [0.25, 0.3) is 0 Å². The molecule has 0 aromatic carbocycles. The van der Waals surface area contributed by atoms with Crippen LogP contribution in [0.4, 0.5) is 0 Å². The molecular weight excluding hydrogens is 304 g/mol. The Balaban J connectivity index is 2.29. The van der Waals surface area contributed by atoms with Gasteiger partial charge < -0.3 is 9.47 Å². The maximum atomic E-state index is 5.77. The summed E-state index contributed by atoms with van der Waals surface area (Å²) in [5.41, 5.74) is 2.63. The standard InChI is InChI=1S/C11H17BrN2O2S/c1-15-11(3-5-16-6-4-11)10(14-13)9-8(12)2-7-17-9/h2,7,10,14H,3-6,13H2,1H3. The predicted molar refractivity (Wildman–Crippen MR) is 71.9 cm³/mol. The molecule has 1 aliphatic heterocycles. The number of nitrogens with two attached hydrogens (primary N) is 1. The van der Waals surface area contributed by atoms with Gasteiger partial charge in [0.1, 0.15) is 0 Å². The van der Waals surface area contributed by atoms with E-state index >= 15 is 0 Å². The van der Waals surface area contributed by atoms with Crippen molar-refractivity contribution in [1.82, 2.24) is 5.43 Å². The molecule has 1 aromatic heterocycles. The fourth-order valence-electron chi connectivity index (χ4n) is 2.31. The van der Waals surface area contributed by atoms with Crippen LogP contribution in [-0.4, -0.2) is 25.9 Å². The number of methoxy groups -OCH3 is 1. The van der Waals surface area contributed by atoms with Crippen molar-refractivity contribution in [3.05, 3.63) is 20.8 Å². The highest BCUT2D eigenvalue weighted by Gasteiger charge is 2.42. The first-order valence-electron chi connectivity index (χ1n) is 5.55. The lowest BCUT2D eigenvalue weighted by Crippen LogP contribution is -2.51. The summed E-state index contributed by atoms with van der Waals surface area (Å²) < 4.78 is 12.3. The SMILES string of the molecule is COC1(C(NN)c2sccc2Br)CCOCC1. The van der Waals surface area contributed by atoms with Crippen LogP contribution >= 0.6 is 27.3 Å². The summed E-state index contributed by atoms with van der Waals surface area (Å²) in [7, 11) is 1.75. The van der Waals surface area contributed by atoms with Gasteiger partial charge in [-0.05, 0) is 27.4 Å². The molecule has 1 unspecified atom stereocenters. The number of rotatable bonds is 4. The number of halogens is 1. The lowest BCUT2D eigenvalue weighted by atomic mass is 9.85. The first-order valence-corrected chi connectivity index (χ1v) is 7.22. The molecule has 6 heteroatoms. The molecule has 0 spiro atoms. The van der Waals surface area contributed by atoms with Gasteiger partial charge in [0.05, 0.1) is 11.6 Å². The summed E-state index contributed by atoms with van der Waals surface area (Å²) in [6.07, 6.45) is 1.70. The highest BCUT2D eigenvalue weighted by molar-refractivity contribution is 9.10. The Kier molecular flexibility index (Phi) is 4.57. The zero-order chi connectivity index (χ0) is 12.3. The van der Waals surface area contributed by atoms with Gasteiger partial charge >= 0.3 is 0 Å². The van der Waals surface area contributed by atoms with Crippen LogP contribution in [0.2, 0.25) is 0 Å². The molecule has 0 saturated carbocycles. The summed E-state index contributed by atoms with van der Waals surface area (Å²) in [4.78, 5) is 1.18. The monoisotopic (exact) mass is 320 g/mol. The van der Waals surface area contributed by atoms with Crippen LogP contribution in [0, 0.1) is 0 Å². The molecule has 2 heterocycles. The van der Waals surface area contributed by atoms with Gasteiger partial charge in [-0.15, -0.1) is 11.3 Å². The molecule has 1 atom stereocenters. The van der Waals surface area contributed by atoms with Gasteiger partial charge in [-0.1, -0.05) is 0 Å². The van der Waals surface area contributed by atoms with E-state index in [1.807, 2.05) is 11.4 Å². The van der Waals surface area contributed by atoms with E-state index < -0.39 is 0 Å². The molecule has 0 radical (unpaired) electrons. The van der Waals surface area contributed by atoms with Crippen LogP contribution in [0.3, 0.4) is 0 Å². The quantitative estimate of drug-likeness (QED) is 0.659. The Hall–Kier alpha value is 0.0200. The van der Waals surface area contributed by atoms with Crippen molar-refractivity contribution in [3.63, 3.8) is 0 Å². The number of hydrazine groups is 1. The lowest BCUT2D eigenvalue weighted by Gasteiger charge is -2.41. The van der Waals surface area contributed by atoms with Crippen molar-refractivity contribution < 1.29 is 9.47 Å². The van der Waals surface area contributed by atoms with Gasteiger partial charge in [-0.25, -0.2) is 5.43 Å². The van der Waals surface area contributed by atoms with E-state index in [4.69, 9.17) is 15.3 Å². The van der Waals surface area contributed by atoms with Gasteiger partial charge in [-0.2, -0.15) is 0 Å². The second kappa shape index (κ2) is 5.77. The molecule has 2 rings (SSSR count). The second-order valence-electron chi connectivity index (χ2n) is 4.11. The largest absolute Gasteiger partial charge is 0.381 e. The predicted octanol–water partition coefficient (Wildman–Crippen LogP) is 2.21. The molecule has 96 valence electrons. The van der Waals surface area contributed by atoms with Gasteiger partial charge in [0, 0.05) is 42.5 Å². The Bertz CT molecular complexity index is 366. The number of hydrogen-bond donors (Lipinski definition) is 2. The van der Waals surface area contributed by atoms with Gasteiger partial charge in [0.15, 0.2) is 0 Å². The molecule has 1 fully saturated rings. The normalized spacial score (nSPS) is 21.4. The smallest absolute Gasteiger partial charge is 0.0937 e. The minimum atomic E-state index is -0.277. The third-order valence-corrected chi connectivity index (χ3v) is 5.28. The van der Waals surface area contributed by atoms with Crippen molar-refractivity contribution in [2.45, 2.75) is 24.5 Å². The third-order valence-electron chi connectivity index (χ3n) is 3.35. The molecule has 1 aliphatic rings. The molecule has 0 bridgehead atoms. The van der Waals surface area contributed by atoms with Crippen molar-refractivity contribution in [1.29, 1.82) is 0 Å². The maximum absolute atomic E-state index is 5.77. The number of ether oxygens (including phenoxy) is 2. The average molecular weight is 321 g/mol. The topological polar surface area (TPSA) is 56.5 Å². The van der Waals surface area contributed by atoms with Crippen molar-refractivity contribution in [3.8, 4) is 0 Å². The number of nitrogens with one attached hydrogen (secondary N) is 1. The van der Waals surface area contributed by atoms with E-state index in [1.54, 1.807) is 18.4 Å². The number of hydrogen-bond acceptors (Lipinski definition) is 5. The zero-order valence-electron chi connectivity index (χ0n) is 9.74. The lowest BCUT2D eigenvalue weighted by molar-refractivity contribution is -0.111. The zero-order valence-corrected chi connectivity index (χ0v) is 12.1. The second-order valence-corrected chi connectivity index (χ2v) is 5.92. The summed E-state index contributed by atoms with van der Waals surface area (Å²) >= 11 is 5.24. The Morgan fingerprint density at radius 3 is 2.76 bits per heavy atom. The van der Waals surface area contributed by atoms with Gasteiger partial charge in [-0.3, -0.25) is 5.84 Å². The minimum absolute atomic E-state index is 0.00854. The fraction of sp³-hybridized carbons (Fsp3) is 0.636. The highest BCUT2D eigenvalue weighted by Crippen LogP contribution is 2.41. The maximum Gasteiger partial charge on any atom is 0.0937 e. The van der Waals surface area contributed by atoms with E-state index in [1.165, 1.54) is 4.88 Å². The fourth-order valence-corrected chi connectivity index (χ4v) is 4.07. The van der Waals surface area contributed by atoms with E-state index in [0.29, 0.717) is 0 Å². The van der Waals surface area contributed by atoms with Crippen LogP contribution in [0.15, 0.2) is 15.9 Å². The summed E-state index contributed by atoms with van der Waals surface area (Å²) in [5, 5.41) is 2.05. The Morgan fingerprint density at radius 1 is 1.59 bits per heavy atom. The third kappa shape index (κ3) is 2.57. The summed E-state index contributed by atoms with van der Waals surface area (Å²) in [6.45, 7) is 1.43. The van der Waals surface area contributed by atoms with E-state index in [9.17, 15) is 0 Å². The van der Waals surface area contributed by atoms with E-state index in [-0.39, 0.29) is 11.6 Å². The van der Waals surface area contributed by atoms with Crippen molar-refractivity contribution in [2.75, 3.05) is 20.3 Å². The summed E-state index contributed by atoms with van der Waals surface area (Å²) in [5.74, 6) is 5.74. The molecular formula is C11H17BrN2O2S. The van der Waals surface area contributed by atoms with Crippen LogP contribution in [0.25, 0.3) is 0 Å². The molecule has 3 N–H and O–H groups in total. The van der Waals surface area contributed by atoms with Crippen LogP contribution < -0.4 is 11.3 Å². The highest BCUT2D eigenvalue weighted by atomic mass is 79.9. The average Bonchev–Trinajstić information content (AvgIpc) is 2.78. The Morgan fingerprint density at radius 2 is 2.29 bits per heavy atom. The first-order chi connectivity index (χ1) is 8.23. The summed E-state index contributed by atoms with van der Waals surface area (Å²) in [6, 6.07) is 2.03. The Labute approximate surface area is 114 Å². The minimum Gasteiger partial charge on any atom is -0.381 e. The number of thiophene rings is 1.